The van der Waals surface area contributed by atoms with Crippen LogP contribution in [0.3, 0.4) is 0 Å². The monoisotopic (exact) mass is 379 g/mol. The van der Waals surface area contributed by atoms with Crippen LogP contribution in [0.2, 0.25) is 0 Å². The fourth-order valence-corrected chi connectivity index (χ4v) is 2.40. The minimum Gasteiger partial charge on any atom is -0.497 e. The average molecular weight is 380 g/mol. The number of benzene rings is 1. The van der Waals surface area contributed by atoms with E-state index in [0.717, 1.165) is 38.6 Å². The van der Waals surface area contributed by atoms with Crippen LogP contribution < -0.4 is 20.7 Å². The van der Waals surface area contributed by atoms with E-state index in [2.05, 4.69) is 32.9 Å². The second-order valence-corrected chi connectivity index (χ2v) is 6.06. The van der Waals surface area contributed by atoms with Crippen molar-refractivity contribution in [2.45, 2.75) is 6.42 Å². The first-order valence-electron chi connectivity index (χ1n) is 9.15. The molecule has 0 unspecified atom stereocenters. The Morgan fingerprint density at radius 3 is 2.56 bits per heavy atom. The Morgan fingerprint density at radius 1 is 1.11 bits per heavy atom. The molecule has 1 aromatic carbocycles. The van der Waals surface area contributed by atoms with Gasteiger partial charge in [0.1, 0.15) is 5.75 Å². The minimum atomic E-state index is -0.128. The van der Waals surface area contributed by atoms with Crippen molar-refractivity contribution in [3.05, 3.63) is 29.8 Å². The number of carbonyl (C=O) groups excluding carboxylic acids is 1. The second-order valence-electron chi connectivity index (χ2n) is 6.06. The van der Waals surface area contributed by atoms with Gasteiger partial charge in [0.2, 0.25) is 0 Å². The molecule has 0 aliphatic carbocycles. The van der Waals surface area contributed by atoms with Gasteiger partial charge in [-0.2, -0.15) is 0 Å². The molecule has 3 N–H and O–H groups in total. The third-order valence-electron chi connectivity index (χ3n) is 3.93. The highest BCUT2D eigenvalue weighted by Gasteiger charge is 2.06. The molecular weight excluding hydrogens is 346 g/mol. The summed E-state index contributed by atoms with van der Waals surface area (Å²) in [5.41, 5.74) is 0.577. The smallest absolute Gasteiger partial charge is 0.251 e. The van der Waals surface area contributed by atoms with Gasteiger partial charge in [-0.05, 0) is 31.7 Å². The number of rotatable bonds is 12. The molecule has 0 radical (unpaired) electrons. The highest BCUT2D eigenvalue weighted by Crippen LogP contribution is 2.12. The summed E-state index contributed by atoms with van der Waals surface area (Å²) in [5.74, 6) is 1.25. The molecule has 0 aliphatic heterocycles. The molecule has 0 saturated carbocycles. The molecule has 152 valence electrons. The number of nitrogens with one attached hydrogen (secondary N) is 3. The zero-order valence-electron chi connectivity index (χ0n) is 16.9. The van der Waals surface area contributed by atoms with Crippen LogP contribution in [0.15, 0.2) is 29.3 Å². The van der Waals surface area contributed by atoms with Gasteiger partial charge in [0.15, 0.2) is 5.96 Å². The quantitative estimate of drug-likeness (QED) is 0.279. The lowest BCUT2D eigenvalue weighted by atomic mass is 10.2. The predicted molar refractivity (Wildman–Crippen MR) is 109 cm³/mol. The standard InChI is InChI=1S/C19H33N5O3/c1-20-19(23-11-13-24(2)12-6-14-26-3)22-10-9-21-18(25)16-7-5-8-17(15-16)27-4/h5,7-8,15H,6,9-14H2,1-4H3,(H,21,25)(H2,20,22,23). The topological polar surface area (TPSA) is 87.2 Å². The van der Waals surface area contributed by atoms with E-state index in [1.165, 1.54) is 0 Å². The number of likely N-dealkylation sites (N-methyl/N-ethyl adjacent to an activating group) is 1. The maximum Gasteiger partial charge on any atom is 0.251 e. The summed E-state index contributed by atoms with van der Waals surface area (Å²) in [7, 11) is 7.11. The molecule has 0 fully saturated rings. The Hall–Kier alpha value is -2.32. The van der Waals surface area contributed by atoms with E-state index in [1.807, 2.05) is 6.07 Å². The first kappa shape index (κ1) is 22.7. The maximum absolute atomic E-state index is 12.1. The highest BCUT2D eigenvalue weighted by atomic mass is 16.5. The van der Waals surface area contributed by atoms with Gasteiger partial charge >= 0.3 is 0 Å². The molecule has 0 bridgehead atoms. The number of aliphatic imine (C=N–C) groups is 1. The molecule has 1 aromatic rings. The summed E-state index contributed by atoms with van der Waals surface area (Å²) >= 11 is 0. The molecule has 27 heavy (non-hydrogen) atoms. The Bertz CT molecular complexity index is 580. The van der Waals surface area contributed by atoms with Crippen LogP contribution in [0.1, 0.15) is 16.8 Å². The fourth-order valence-electron chi connectivity index (χ4n) is 2.40. The highest BCUT2D eigenvalue weighted by molar-refractivity contribution is 5.94. The largest absolute Gasteiger partial charge is 0.497 e. The van der Waals surface area contributed by atoms with E-state index in [4.69, 9.17) is 9.47 Å². The number of carbonyl (C=O) groups is 1. The van der Waals surface area contributed by atoms with E-state index in [9.17, 15) is 4.79 Å². The van der Waals surface area contributed by atoms with E-state index in [-0.39, 0.29) is 5.91 Å². The Morgan fingerprint density at radius 2 is 1.85 bits per heavy atom. The zero-order valence-corrected chi connectivity index (χ0v) is 16.9. The molecule has 0 spiro atoms. The fraction of sp³-hybridized carbons (Fsp3) is 0.579. The van der Waals surface area contributed by atoms with Gasteiger partial charge in [-0.25, -0.2) is 0 Å². The van der Waals surface area contributed by atoms with Crippen LogP contribution in [0.5, 0.6) is 5.75 Å². The van der Waals surface area contributed by atoms with Gasteiger partial charge in [0.05, 0.1) is 7.11 Å². The summed E-state index contributed by atoms with van der Waals surface area (Å²) < 4.78 is 10.2. The second kappa shape index (κ2) is 13.8. The van der Waals surface area contributed by atoms with Crippen LogP contribution in [0.25, 0.3) is 0 Å². The molecule has 1 amide bonds. The van der Waals surface area contributed by atoms with Crippen molar-refractivity contribution in [3.63, 3.8) is 0 Å². The lowest BCUT2D eigenvalue weighted by Crippen LogP contribution is -2.43. The van der Waals surface area contributed by atoms with E-state index < -0.39 is 0 Å². The number of hydrogen-bond donors (Lipinski definition) is 3. The van der Waals surface area contributed by atoms with E-state index in [0.29, 0.717) is 24.4 Å². The zero-order chi connectivity index (χ0) is 19.9. The summed E-state index contributed by atoms with van der Waals surface area (Å²) in [6.07, 6.45) is 1.02. The third kappa shape index (κ3) is 9.81. The summed E-state index contributed by atoms with van der Waals surface area (Å²) in [6.45, 7) is 4.56. The van der Waals surface area contributed by atoms with Crippen LogP contribution in [0, 0.1) is 0 Å². The third-order valence-corrected chi connectivity index (χ3v) is 3.93. The molecule has 8 nitrogen and oxygen atoms in total. The first-order valence-corrected chi connectivity index (χ1v) is 9.15. The normalized spacial score (nSPS) is 11.4. The Kier molecular flexibility index (Phi) is 11.6. The Labute approximate surface area is 162 Å². The first-order chi connectivity index (χ1) is 13.1. The molecule has 0 aliphatic rings. The number of methoxy groups -OCH3 is 2. The number of guanidine groups is 1. The van der Waals surface area contributed by atoms with Crippen molar-refractivity contribution < 1.29 is 14.3 Å². The SMILES string of the molecule is CN=C(NCCNC(=O)c1cccc(OC)c1)NCCN(C)CCCOC. The lowest BCUT2D eigenvalue weighted by Gasteiger charge is -2.18. The van der Waals surface area contributed by atoms with Gasteiger partial charge in [0, 0.05) is 59.1 Å². The van der Waals surface area contributed by atoms with Gasteiger partial charge < -0.3 is 30.3 Å². The number of amides is 1. The van der Waals surface area contributed by atoms with Crippen LogP contribution in [-0.2, 0) is 4.74 Å². The number of hydrogen-bond acceptors (Lipinski definition) is 5. The Balaban J connectivity index is 2.20. The van der Waals surface area contributed by atoms with Crippen LogP contribution in [0.4, 0.5) is 0 Å². The van der Waals surface area contributed by atoms with Crippen molar-refractivity contribution in [3.8, 4) is 5.75 Å². The molecule has 1 rings (SSSR count). The van der Waals surface area contributed by atoms with E-state index in [1.54, 1.807) is 39.5 Å². The number of ether oxygens (including phenoxy) is 2. The molecule has 0 aromatic heterocycles. The van der Waals surface area contributed by atoms with Crippen molar-refractivity contribution in [1.82, 2.24) is 20.9 Å². The minimum absolute atomic E-state index is 0.128. The summed E-state index contributed by atoms with van der Waals surface area (Å²) in [6, 6.07) is 7.08. The van der Waals surface area contributed by atoms with E-state index >= 15 is 0 Å². The van der Waals surface area contributed by atoms with Gasteiger partial charge in [-0.1, -0.05) is 6.07 Å². The summed E-state index contributed by atoms with van der Waals surface area (Å²) in [4.78, 5) is 18.6. The van der Waals surface area contributed by atoms with Crippen molar-refractivity contribution in [1.29, 1.82) is 0 Å². The molecular formula is C19H33N5O3. The predicted octanol–water partition coefficient (Wildman–Crippen LogP) is 0.558. The number of nitrogens with zero attached hydrogens (tertiary/aromatic N) is 2. The van der Waals surface area contributed by atoms with Crippen LogP contribution in [-0.4, -0.2) is 84.4 Å². The van der Waals surface area contributed by atoms with Crippen LogP contribution >= 0.6 is 0 Å². The molecule has 0 atom stereocenters. The molecule has 0 saturated heterocycles. The summed E-state index contributed by atoms with van der Waals surface area (Å²) in [5, 5.41) is 9.32. The average Bonchev–Trinajstić information content (AvgIpc) is 2.69. The maximum atomic E-state index is 12.1. The van der Waals surface area contributed by atoms with Crippen molar-refractivity contribution in [2.24, 2.45) is 4.99 Å². The lowest BCUT2D eigenvalue weighted by molar-refractivity contribution is 0.0954. The van der Waals surface area contributed by atoms with Gasteiger partial charge in [-0.15, -0.1) is 0 Å². The van der Waals surface area contributed by atoms with Crippen molar-refractivity contribution in [2.75, 3.05) is 67.6 Å². The molecule has 0 heterocycles. The van der Waals surface area contributed by atoms with Gasteiger partial charge in [-0.3, -0.25) is 9.79 Å². The molecule has 8 heteroatoms. The van der Waals surface area contributed by atoms with Crippen molar-refractivity contribution >= 4 is 11.9 Å². The van der Waals surface area contributed by atoms with Gasteiger partial charge in [0.25, 0.3) is 5.91 Å².